The van der Waals surface area contributed by atoms with Gasteiger partial charge < -0.3 is 5.32 Å². The number of hydrogen-bond donors (Lipinski definition) is 1. The van der Waals surface area contributed by atoms with Crippen molar-refractivity contribution in [1.82, 2.24) is 5.32 Å². The first kappa shape index (κ1) is 13.0. The van der Waals surface area contributed by atoms with Gasteiger partial charge in [-0.05, 0) is 25.7 Å². The van der Waals surface area contributed by atoms with Gasteiger partial charge in [0.15, 0.2) is 0 Å². The van der Waals surface area contributed by atoms with Gasteiger partial charge in [-0.15, -0.1) is 0 Å². The number of alkyl halides is 1. The van der Waals surface area contributed by atoms with Crippen LogP contribution in [0.4, 0.5) is 0 Å². The average molecular weight is 276 g/mol. The van der Waals surface area contributed by atoms with Crippen LogP contribution in [0.25, 0.3) is 0 Å². The number of carbonyl (C=O) groups excluding carboxylic acids is 1. The topological polar surface area (TPSA) is 29.1 Å². The lowest BCUT2D eigenvalue weighted by molar-refractivity contribution is -0.131. The van der Waals surface area contributed by atoms with Gasteiger partial charge in [-0.25, -0.2) is 0 Å². The van der Waals surface area contributed by atoms with Crippen molar-refractivity contribution in [3.05, 3.63) is 0 Å². The standard InChI is InChI=1S/C12H22BrNO/c1-12(7-3-2-4-8-12)11(15)14-10-6-5-9-13/h2-10H2,1H3,(H,14,15). The molecule has 1 N–H and O–H groups in total. The van der Waals surface area contributed by atoms with Crippen molar-refractivity contribution < 1.29 is 4.79 Å². The van der Waals surface area contributed by atoms with Crippen molar-refractivity contribution in [2.24, 2.45) is 5.41 Å². The zero-order valence-corrected chi connectivity index (χ0v) is 11.2. The molecule has 1 aliphatic carbocycles. The van der Waals surface area contributed by atoms with Crippen LogP contribution in [0.1, 0.15) is 51.9 Å². The second-order valence-corrected chi connectivity index (χ2v) is 5.57. The van der Waals surface area contributed by atoms with Crippen molar-refractivity contribution >= 4 is 21.8 Å². The predicted octanol–water partition coefficient (Wildman–Crippen LogP) is 3.25. The van der Waals surface area contributed by atoms with Gasteiger partial charge in [-0.2, -0.15) is 0 Å². The van der Waals surface area contributed by atoms with Crippen molar-refractivity contribution in [2.75, 3.05) is 11.9 Å². The summed E-state index contributed by atoms with van der Waals surface area (Å²) >= 11 is 3.39. The van der Waals surface area contributed by atoms with Gasteiger partial charge in [-0.1, -0.05) is 42.1 Å². The fraction of sp³-hybridized carbons (Fsp3) is 0.917. The lowest BCUT2D eigenvalue weighted by Gasteiger charge is -2.32. The number of unbranched alkanes of at least 4 members (excludes halogenated alkanes) is 1. The predicted molar refractivity (Wildman–Crippen MR) is 67.2 cm³/mol. The SMILES string of the molecule is CC1(C(=O)NCCCCBr)CCCCC1. The van der Waals surface area contributed by atoms with Gasteiger partial charge in [0.2, 0.25) is 5.91 Å². The summed E-state index contributed by atoms with van der Waals surface area (Å²) in [4.78, 5) is 12.0. The molecule has 0 aromatic carbocycles. The first-order valence-corrected chi connectivity index (χ1v) is 7.15. The van der Waals surface area contributed by atoms with Crippen LogP contribution in [0.5, 0.6) is 0 Å². The molecule has 0 radical (unpaired) electrons. The number of rotatable bonds is 5. The summed E-state index contributed by atoms with van der Waals surface area (Å²) < 4.78 is 0. The van der Waals surface area contributed by atoms with Gasteiger partial charge in [0, 0.05) is 17.3 Å². The zero-order chi connectivity index (χ0) is 11.1. The van der Waals surface area contributed by atoms with E-state index in [0.29, 0.717) is 0 Å². The summed E-state index contributed by atoms with van der Waals surface area (Å²) in [5, 5.41) is 4.10. The fourth-order valence-corrected chi connectivity index (χ4v) is 2.59. The normalized spacial score (nSPS) is 19.9. The van der Waals surface area contributed by atoms with Crippen LogP contribution in [0.3, 0.4) is 0 Å². The van der Waals surface area contributed by atoms with Gasteiger partial charge in [0.05, 0.1) is 0 Å². The molecule has 3 heteroatoms. The molecular formula is C12H22BrNO. The van der Waals surface area contributed by atoms with Gasteiger partial charge >= 0.3 is 0 Å². The minimum absolute atomic E-state index is 0.0767. The molecule has 0 bridgehead atoms. The van der Waals surface area contributed by atoms with Crippen molar-refractivity contribution in [2.45, 2.75) is 51.9 Å². The summed E-state index contributed by atoms with van der Waals surface area (Å²) in [6, 6.07) is 0. The molecule has 1 rings (SSSR count). The second kappa shape index (κ2) is 6.51. The van der Waals surface area contributed by atoms with Crippen molar-refractivity contribution in [3.8, 4) is 0 Å². The van der Waals surface area contributed by atoms with Crippen molar-refractivity contribution in [1.29, 1.82) is 0 Å². The van der Waals surface area contributed by atoms with Gasteiger partial charge in [0.25, 0.3) is 0 Å². The second-order valence-electron chi connectivity index (χ2n) is 4.77. The van der Waals surface area contributed by atoms with E-state index in [1.54, 1.807) is 0 Å². The van der Waals surface area contributed by atoms with E-state index >= 15 is 0 Å². The van der Waals surface area contributed by atoms with E-state index in [4.69, 9.17) is 0 Å². The monoisotopic (exact) mass is 275 g/mol. The van der Waals surface area contributed by atoms with Gasteiger partial charge in [0.1, 0.15) is 0 Å². The molecule has 0 saturated heterocycles. The Bertz CT molecular complexity index is 200. The molecule has 1 amide bonds. The molecule has 0 atom stereocenters. The molecule has 0 heterocycles. The summed E-state index contributed by atoms with van der Waals surface area (Å²) in [6.45, 7) is 2.95. The lowest BCUT2D eigenvalue weighted by atomic mass is 9.75. The highest BCUT2D eigenvalue weighted by molar-refractivity contribution is 9.09. The van der Waals surface area contributed by atoms with E-state index in [9.17, 15) is 4.79 Å². The fourth-order valence-electron chi connectivity index (χ4n) is 2.19. The molecule has 2 nitrogen and oxygen atoms in total. The van der Waals surface area contributed by atoms with Crippen LogP contribution in [-0.4, -0.2) is 17.8 Å². The smallest absolute Gasteiger partial charge is 0.225 e. The number of hydrogen-bond acceptors (Lipinski definition) is 1. The maximum absolute atomic E-state index is 12.0. The van der Waals surface area contributed by atoms with Crippen LogP contribution < -0.4 is 5.32 Å². The molecule has 1 fully saturated rings. The molecule has 1 aliphatic rings. The van der Waals surface area contributed by atoms with Crippen molar-refractivity contribution in [3.63, 3.8) is 0 Å². The zero-order valence-electron chi connectivity index (χ0n) is 9.65. The lowest BCUT2D eigenvalue weighted by Crippen LogP contribution is -2.40. The Labute approximate surface area is 101 Å². The molecule has 0 aromatic heterocycles. The molecule has 0 unspecified atom stereocenters. The van der Waals surface area contributed by atoms with E-state index in [2.05, 4.69) is 28.2 Å². The molecule has 88 valence electrons. The molecular weight excluding hydrogens is 254 g/mol. The summed E-state index contributed by atoms with van der Waals surface area (Å²) in [7, 11) is 0. The number of amides is 1. The third kappa shape index (κ3) is 4.13. The summed E-state index contributed by atoms with van der Waals surface area (Å²) in [5.41, 5.74) is -0.0767. The number of nitrogens with one attached hydrogen (secondary N) is 1. The Hall–Kier alpha value is -0.0500. The average Bonchev–Trinajstić information content (AvgIpc) is 2.25. The van der Waals surface area contributed by atoms with Crippen LogP contribution in [0.2, 0.25) is 0 Å². The molecule has 0 aliphatic heterocycles. The Morgan fingerprint density at radius 2 is 1.93 bits per heavy atom. The van der Waals surface area contributed by atoms with Gasteiger partial charge in [-0.3, -0.25) is 4.79 Å². The molecule has 0 spiro atoms. The number of halogens is 1. The molecule has 15 heavy (non-hydrogen) atoms. The molecule has 0 aromatic rings. The Kier molecular flexibility index (Phi) is 5.65. The minimum Gasteiger partial charge on any atom is -0.356 e. The first-order valence-electron chi connectivity index (χ1n) is 6.03. The van der Waals surface area contributed by atoms with E-state index in [1.807, 2.05) is 0 Å². The van der Waals surface area contributed by atoms with Crippen LogP contribution in [-0.2, 0) is 4.79 Å². The Morgan fingerprint density at radius 3 is 2.53 bits per heavy atom. The van der Waals surface area contributed by atoms with Crippen LogP contribution in [0, 0.1) is 5.41 Å². The highest BCUT2D eigenvalue weighted by atomic mass is 79.9. The highest BCUT2D eigenvalue weighted by Gasteiger charge is 2.33. The maximum atomic E-state index is 12.0. The third-order valence-electron chi connectivity index (χ3n) is 3.35. The van der Waals surface area contributed by atoms with Crippen LogP contribution >= 0.6 is 15.9 Å². The molecule has 1 saturated carbocycles. The first-order chi connectivity index (χ1) is 7.19. The van der Waals surface area contributed by atoms with Crippen LogP contribution in [0.15, 0.2) is 0 Å². The van der Waals surface area contributed by atoms with E-state index in [0.717, 1.165) is 37.6 Å². The highest BCUT2D eigenvalue weighted by Crippen LogP contribution is 2.35. The third-order valence-corrected chi connectivity index (χ3v) is 3.91. The van der Waals surface area contributed by atoms with E-state index in [1.165, 1.54) is 19.3 Å². The largest absolute Gasteiger partial charge is 0.356 e. The minimum atomic E-state index is -0.0767. The summed E-state index contributed by atoms with van der Waals surface area (Å²) in [6.07, 6.45) is 8.07. The Balaban J connectivity index is 2.25. The Morgan fingerprint density at radius 1 is 1.27 bits per heavy atom. The number of carbonyl (C=O) groups is 1. The van der Waals surface area contributed by atoms with E-state index < -0.39 is 0 Å². The quantitative estimate of drug-likeness (QED) is 0.606. The maximum Gasteiger partial charge on any atom is 0.225 e. The summed E-state index contributed by atoms with van der Waals surface area (Å²) in [5.74, 6) is 0.275. The van der Waals surface area contributed by atoms with E-state index in [-0.39, 0.29) is 11.3 Å².